The molecule has 0 aromatic carbocycles. The van der Waals surface area contributed by atoms with Crippen LogP contribution >= 0.6 is 0 Å². The molecule has 3 aliphatic heterocycles. The van der Waals surface area contributed by atoms with E-state index in [0.29, 0.717) is 42.8 Å². The Balaban J connectivity index is 0.846. The molecule has 9 fully saturated rings. The van der Waals surface area contributed by atoms with E-state index >= 15 is 0 Å². The topological polar surface area (TPSA) is 75.3 Å². The molecule has 0 radical (unpaired) electrons. The van der Waals surface area contributed by atoms with Gasteiger partial charge in [-0.3, -0.25) is 0 Å². The molecule has 7 nitrogen and oxygen atoms in total. The highest BCUT2D eigenvalue weighted by atomic mass is 28.4. The van der Waals surface area contributed by atoms with Crippen LogP contribution in [0.3, 0.4) is 0 Å². The zero-order valence-corrected chi connectivity index (χ0v) is 28.9. The van der Waals surface area contributed by atoms with Crippen LogP contribution in [0.2, 0.25) is 5.54 Å². The van der Waals surface area contributed by atoms with Crippen LogP contribution in [-0.2, 0) is 22.8 Å². The molecule has 252 valence electrons. The number of hydrogen-bond donors (Lipinski definition) is 1. The van der Waals surface area contributed by atoms with Crippen molar-refractivity contribution in [3.63, 3.8) is 0 Å². The van der Waals surface area contributed by atoms with Crippen LogP contribution in [0.25, 0.3) is 0 Å². The van der Waals surface area contributed by atoms with Crippen molar-refractivity contribution in [1.82, 2.24) is 5.32 Å². The van der Waals surface area contributed by atoms with Gasteiger partial charge in [0.1, 0.15) is 6.10 Å². The molecule has 0 aromatic rings. The van der Waals surface area contributed by atoms with Crippen molar-refractivity contribution in [1.29, 1.82) is 0 Å². The molecule has 16 unspecified atom stereocenters. The fourth-order valence-corrected chi connectivity index (χ4v) is 17.3. The summed E-state index contributed by atoms with van der Waals surface area (Å²) in [7, 11) is -2.58. The van der Waals surface area contributed by atoms with E-state index in [0.717, 1.165) is 85.2 Å². The summed E-state index contributed by atoms with van der Waals surface area (Å²) < 4.78 is 32.1. The number of nitrogens with one attached hydrogen (secondary N) is 1. The molecule has 45 heavy (non-hydrogen) atoms. The van der Waals surface area contributed by atoms with Gasteiger partial charge in [-0.1, -0.05) is 0 Å². The molecular weight excluding hydrogens is 582 g/mol. The molecule has 0 aromatic heterocycles. The fraction of sp³-hybridized carbons (Fsp3) is 0.973. The first kappa shape index (κ1) is 30.4. The van der Waals surface area contributed by atoms with Crippen LogP contribution < -0.4 is 5.32 Å². The second-order valence-electron chi connectivity index (χ2n) is 17.4. The van der Waals surface area contributed by atoms with E-state index in [1.165, 1.54) is 77.0 Å². The van der Waals surface area contributed by atoms with E-state index in [1.807, 2.05) is 0 Å². The SMILES string of the molecule is CCO[Si]1(OCC)OCCC2CC3CC4CC5CC6CC7OC8CC9CNC(=O)OC9CC8CC7CC6CC5CC4CC3CC21. The van der Waals surface area contributed by atoms with Crippen molar-refractivity contribution < 1.29 is 27.5 Å². The summed E-state index contributed by atoms with van der Waals surface area (Å²) in [6, 6.07) is 0. The summed E-state index contributed by atoms with van der Waals surface area (Å²) >= 11 is 0. The lowest BCUT2D eigenvalue weighted by atomic mass is 9.50. The highest BCUT2D eigenvalue weighted by Crippen LogP contribution is 2.62. The van der Waals surface area contributed by atoms with Gasteiger partial charge in [-0.05, 0) is 169 Å². The first-order chi connectivity index (χ1) is 22.0. The van der Waals surface area contributed by atoms with Crippen LogP contribution in [0, 0.1) is 71.0 Å². The van der Waals surface area contributed by atoms with Crippen LogP contribution in [0.4, 0.5) is 4.79 Å². The molecule has 9 rings (SSSR count). The second-order valence-corrected chi connectivity index (χ2v) is 20.3. The molecule has 0 bridgehead atoms. The maximum absolute atomic E-state index is 11.9. The highest BCUT2D eigenvalue weighted by Gasteiger charge is 2.60. The third kappa shape index (κ3) is 5.38. The van der Waals surface area contributed by atoms with Crippen molar-refractivity contribution in [2.24, 2.45) is 71.0 Å². The molecule has 6 saturated carbocycles. The van der Waals surface area contributed by atoms with E-state index in [1.54, 1.807) is 0 Å². The number of fused-ring (bicyclic) bond motifs is 8. The molecule has 16 atom stereocenters. The fourth-order valence-electron chi connectivity index (χ4n) is 13.7. The number of rotatable bonds is 4. The van der Waals surface area contributed by atoms with Gasteiger partial charge in [-0.15, -0.1) is 0 Å². The smallest absolute Gasteiger partial charge is 0.446 e. The number of carbonyl (C=O) groups is 1. The second kappa shape index (κ2) is 12.0. The lowest BCUT2D eigenvalue weighted by Crippen LogP contribution is -2.58. The van der Waals surface area contributed by atoms with Gasteiger partial charge in [0.05, 0.1) is 12.2 Å². The van der Waals surface area contributed by atoms with Gasteiger partial charge in [0.15, 0.2) is 0 Å². The molecule has 1 N–H and O–H groups in total. The van der Waals surface area contributed by atoms with Gasteiger partial charge in [-0.2, -0.15) is 0 Å². The van der Waals surface area contributed by atoms with Gasteiger partial charge < -0.3 is 28.1 Å². The Morgan fingerprint density at radius 2 is 1.07 bits per heavy atom. The maximum atomic E-state index is 11.9. The van der Waals surface area contributed by atoms with Gasteiger partial charge in [0, 0.05) is 37.8 Å². The third-order valence-electron chi connectivity index (χ3n) is 15.5. The van der Waals surface area contributed by atoms with Gasteiger partial charge >= 0.3 is 14.9 Å². The van der Waals surface area contributed by atoms with Crippen LogP contribution in [0.1, 0.15) is 104 Å². The van der Waals surface area contributed by atoms with Gasteiger partial charge in [0.25, 0.3) is 0 Å². The maximum Gasteiger partial charge on any atom is 0.504 e. The largest absolute Gasteiger partial charge is 0.504 e. The van der Waals surface area contributed by atoms with E-state index in [4.69, 9.17) is 22.8 Å². The third-order valence-corrected chi connectivity index (χ3v) is 19.1. The van der Waals surface area contributed by atoms with E-state index in [2.05, 4.69) is 19.2 Å². The molecule has 1 amide bonds. The van der Waals surface area contributed by atoms with E-state index in [9.17, 15) is 4.79 Å². The standard InChI is InChI=1S/C37H59NO6Si/c1-3-40-45(41-4-2)36-19-29-13-26-10-24-11-27-14-30-15-31-17-35-32(20-38-37(39)44-35)18-34(31)43-33(30)16-28(27)12-25(24)9-23(26)8-22(29)7-21(36)5-6-42-45/h21-36H,3-20H2,1-2H3,(H,38,39). The minimum absolute atomic E-state index is 0.106. The lowest BCUT2D eigenvalue weighted by molar-refractivity contribution is -0.186. The predicted octanol–water partition coefficient (Wildman–Crippen LogP) is 7.21. The first-order valence-corrected chi connectivity index (χ1v) is 21.3. The molecule has 9 aliphatic rings. The average molecular weight is 642 g/mol. The van der Waals surface area contributed by atoms with Crippen molar-refractivity contribution in [2.45, 2.75) is 128 Å². The number of amides is 1. The minimum Gasteiger partial charge on any atom is -0.446 e. The quantitative estimate of drug-likeness (QED) is 0.327. The number of alkyl carbamates (subject to hydrolysis) is 1. The Morgan fingerprint density at radius 1 is 0.600 bits per heavy atom. The molecular formula is C37H59NO6Si. The predicted molar refractivity (Wildman–Crippen MR) is 172 cm³/mol. The molecule has 8 heteroatoms. The zero-order valence-electron chi connectivity index (χ0n) is 27.9. The summed E-state index contributed by atoms with van der Waals surface area (Å²) in [6.07, 6.45) is 19.7. The zero-order chi connectivity index (χ0) is 30.3. The highest BCUT2D eigenvalue weighted by molar-refractivity contribution is 6.62. The minimum atomic E-state index is -2.58. The van der Waals surface area contributed by atoms with Crippen LogP contribution in [-0.4, -0.2) is 59.6 Å². The van der Waals surface area contributed by atoms with Gasteiger partial charge in [-0.25, -0.2) is 4.79 Å². The summed E-state index contributed by atoms with van der Waals surface area (Å²) in [5.74, 6) is 9.88. The Kier molecular flexibility index (Phi) is 8.12. The Morgan fingerprint density at radius 3 is 1.69 bits per heavy atom. The molecule has 6 aliphatic carbocycles. The Bertz CT molecular complexity index is 1100. The Hall–Kier alpha value is -0.673. The van der Waals surface area contributed by atoms with E-state index in [-0.39, 0.29) is 12.2 Å². The Labute approximate surface area is 272 Å². The number of hydrogen-bond acceptors (Lipinski definition) is 6. The van der Waals surface area contributed by atoms with E-state index < -0.39 is 8.80 Å². The van der Waals surface area contributed by atoms with Crippen molar-refractivity contribution in [3.8, 4) is 0 Å². The normalized spacial score (nSPS) is 52.9. The summed E-state index contributed by atoms with van der Waals surface area (Å²) in [6.45, 7) is 7.26. The van der Waals surface area contributed by atoms with Gasteiger partial charge in [0.2, 0.25) is 0 Å². The first-order valence-electron chi connectivity index (χ1n) is 19.5. The lowest BCUT2D eigenvalue weighted by Gasteiger charge is -2.58. The van der Waals surface area contributed by atoms with Crippen molar-refractivity contribution in [3.05, 3.63) is 0 Å². The molecule has 0 spiro atoms. The number of carbonyl (C=O) groups excluding carboxylic acids is 1. The average Bonchev–Trinajstić information content (AvgIpc) is 3.02. The molecule has 3 saturated heterocycles. The molecule has 3 heterocycles. The monoisotopic (exact) mass is 641 g/mol. The number of ether oxygens (including phenoxy) is 2. The van der Waals surface area contributed by atoms with Crippen molar-refractivity contribution in [2.75, 3.05) is 26.4 Å². The summed E-state index contributed by atoms with van der Waals surface area (Å²) in [5, 5.41) is 2.93. The summed E-state index contributed by atoms with van der Waals surface area (Å²) in [4.78, 5) is 11.9. The summed E-state index contributed by atoms with van der Waals surface area (Å²) in [5.41, 5.74) is 0.528. The van der Waals surface area contributed by atoms with Crippen LogP contribution in [0.15, 0.2) is 0 Å². The van der Waals surface area contributed by atoms with Crippen molar-refractivity contribution >= 4 is 14.9 Å². The van der Waals surface area contributed by atoms with Crippen LogP contribution in [0.5, 0.6) is 0 Å².